The highest BCUT2D eigenvalue weighted by molar-refractivity contribution is 5.71. The molecule has 8 heteroatoms. The Balaban J connectivity index is 1.54. The molecule has 0 unspecified atom stereocenters. The van der Waals surface area contributed by atoms with Crippen LogP contribution in [0.4, 0.5) is 0 Å². The van der Waals surface area contributed by atoms with Crippen LogP contribution in [-0.4, -0.2) is 39.4 Å². The summed E-state index contributed by atoms with van der Waals surface area (Å²) in [7, 11) is 3.07. The Morgan fingerprint density at radius 1 is 0.719 bits per heavy atom. The first kappa shape index (κ1) is 22.1. The Hall–Kier alpha value is -3.10. The second-order valence-corrected chi connectivity index (χ2v) is 7.84. The van der Waals surface area contributed by atoms with Crippen molar-refractivity contribution in [3.63, 3.8) is 0 Å². The van der Waals surface area contributed by atoms with Gasteiger partial charge in [0.15, 0.2) is 23.0 Å². The number of carbonyl (C=O) groups is 2. The normalized spacial score (nSPS) is 24.0. The molecule has 0 aromatic heterocycles. The summed E-state index contributed by atoms with van der Waals surface area (Å²) < 4.78 is 33.5. The van der Waals surface area contributed by atoms with E-state index in [4.69, 9.17) is 28.4 Å². The molecule has 8 nitrogen and oxygen atoms in total. The summed E-state index contributed by atoms with van der Waals surface area (Å²) in [5, 5.41) is 0. The molecule has 0 saturated carbocycles. The largest absolute Gasteiger partial charge is 0.493 e. The van der Waals surface area contributed by atoms with Gasteiger partial charge in [0.05, 0.1) is 39.6 Å². The third-order valence-electron chi connectivity index (χ3n) is 5.80. The van der Waals surface area contributed by atoms with E-state index < -0.39 is 11.9 Å². The lowest BCUT2D eigenvalue weighted by atomic mass is 9.85. The van der Waals surface area contributed by atoms with Crippen molar-refractivity contribution in [1.82, 2.24) is 0 Å². The minimum atomic E-state index is -0.407. The van der Waals surface area contributed by atoms with E-state index in [1.807, 2.05) is 24.3 Å². The molecule has 2 aromatic carbocycles. The van der Waals surface area contributed by atoms with E-state index in [1.165, 1.54) is 28.1 Å². The average molecular weight is 442 g/mol. The van der Waals surface area contributed by atoms with Gasteiger partial charge in [0.25, 0.3) is 0 Å². The van der Waals surface area contributed by atoms with E-state index in [9.17, 15) is 9.59 Å². The second-order valence-electron chi connectivity index (χ2n) is 7.84. The highest BCUT2D eigenvalue weighted by atomic mass is 16.6. The maximum atomic E-state index is 11.3. The van der Waals surface area contributed by atoms with Gasteiger partial charge in [-0.05, 0) is 35.4 Å². The van der Waals surface area contributed by atoms with Crippen molar-refractivity contribution in [3.05, 3.63) is 47.5 Å². The van der Waals surface area contributed by atoms with Crippen LogP contribution in [-0.2, 0) is 19.1 Å². The number of benzene rings is 2. The Kier molecular flexibility index (Phi) is 6.34. The average Bonchev–Trinajstić information content (AvgIpc) is 3.36. The maximum Gasteiger partial charge on any atom is 0.308 e. The predicted molar refractivity (Wildman–Crippen MR) is 113 cm³/mol. The van der Waals surface area contributed by atoms with Crippen molar-refractivity contribution in [2.45, 2.75) is 26.1 Å². The SMILES string of the molecule is COc1cc([C@H]2OC[C@H]3[C@@H]2CO[C@H]3c2ccc(OC(C)=O)c(OC)c2)ccc1OC(C)=O. The lowest BCUT2D eigenvalue weighted by Crippen LogP contribution is -2.15. The number of rotatable bonds is 6. The van der Waals surface area contributed by atoms with E-state index in [1.54, 1.807) is 12.1 Å². The Morgan fingerprint density at radius 2 is 1.12 bits per heavy atom. The summed E-state index contributed by atoms with van der Waals surface area (Å²) in [5.74, 6) is 1.20. The first-order valence-electron chi connectivity index (χ1n) is 10.4. The molecular formula is C24H26O8. The number of hydrogen-bond donors (Lipinski definition) is 0. The zero-order valence-corrected chi connectivity index (χ0v) is 18.5. The number of methoxy groups -OCH3 is 2. The Bertz CT molecular complexity index is 936. The fourth-order valence-electron chi connectivity index (χ4n) is 4.44. The first-order chi connectivity index (χ1) is 15.4. The first-order valence-corrected chi connectivity index (χ1v) is 10.4. The highest BCUT2D eigenvalue weighted by Crippen LogP contribution is 2.51. The van der Waals surface area contributed by atoms with Gasteiger partial charge >= 0.3 is 11.9 Å². The molecule has 170 valence electrons. The minimum absolute atomic E-state index is 0.156. The number of esters is 2. The Morgan fingerprint density at radius 3 is 1.47 bits per heavy atom. The quantitative estimate of drug-likeness (QED) is 0.495. The van der Waals surface area contributed by atoms with E-state index >= 15 is 0 Å². The summed E-state index contributed by atoms with van der Waals surface area (Å²) >= 11 is 0. The standard InChI is InChI=1S/C24H26O8/c1-13(25)31-19-7-5-15(9-21(19)27-3)23-17-11-30-24(18(17)12-29-23)16-6-8-20(32-14(2)26)22(10-16)28-4/h5-10,17-18,23-24H,11-12H2,1-4H3/t17-,18-,23-,24+/m0/s1. The fraction of sp³-hybridized carbons (Fsp3) is 0.417. The van der Waals surface area contributed by atoms with Crippen molar-refractivity contribution in [3.8, 4) is 23.0 Å². The van der Waals surface area contributed by atoms with E-state index in [0.29, 0.717) is 36.2 Å². The van der Waals surface area contributed by atoms with Gasteiger partial charge in [-0.1, -0.05) is 12.1 Å². The fourth-order valence-corrected chi connectivity index (χ4v) is 4.44. The molecule has 2 saturated heterocycles. The molecule has 2 aromatic rings. The van der Waals surface area contributed by atoms with Crippen molar-refractivity contribution in [2.75, 3.05) is 27.4 Å². The van der Waals surface area contributed by atoms with Crippen LogP contribution in [0.15, 0.2) is 36.4 Å². The molecule has 0 spiro atoms. The summed E-state index contributed by atoms with van der Waals surface area (Å²) in [5.41, 5.74) is 1.88. The number of fused-ring (bicyclic) bond motifs is 1. The molecule has 0 N–H and O–H groups in total. The molecule has 32 heavy (non-hydrogen) atoms. The topological polar surface area (TPSA) is 89.5 Å². The number of hydrogen-bond acceptors (Lipinski definition) is 8. The van der Waals surface area contributed by atoms with Crippen LogP contribution in [0.5, 0.6) is 23.0 Å². The predicted octanol–water partition coefficient (Wildman–Crippen LogP) is 3.63. The molecule has 0 radical (unpaired) electrons. The van der Waals surface area contributed by atoms with E-state index in [0.717, 1.165) is 11.1 Å². The third-order valence-corrected chi connectivity index (χ3v) is 5.80. The zero-order chi connectivity index (χ0) is 22.8. The van der Waals surface area contributed by atoms with Gasteiger partial charge < -0.3 is 28.4 Å². The van der Waals surface area contributed by atoms with Gasteiger partial charge in [-0.15, -0.1) is 0 Å². The molecule has 0 aliphatic carbocycles. The number of carbonyl (C=O) groups excluding carboxylic acids is 2. The minimum Gasteiger partial charge on any atom is -0.493 e. The molecule has 2 heterocycles. The monoisotopic (exact) mass is 442 g/mol. The van der Waals surface area contributed by atoms with E-state index in [-0.39, 0.29) is 24.0 Å². The summed E-state index contributed by atoms with van der Waals surface area (Å²) in [6.07, 6.45) is -0.319. The van der Waals surface area contributed by atoms with Crippen molar-refractivity contribution in [1.29, 1.82) is 0 Å². The zero-order valence-electron chi connectivity index (χ0n) is 18.5. The van der Waals surface area contributed by atoms with Gasteiger partial charge in [0.1, 0.15) is 0 Å². The van der Waals surface area contributed by atoms with Crippen LogP contribution in [0.1, 0.15) is 37.2 Å². The second kappa shape index (κ2) is 9.18. The van der Waals surface area contributed by atoms with Crippen LogP contribution in [0.25, 0.3) is 0 Å². The molecular weight excluding hydrogens is 416 g/mol. The van der Waals surface area contributed by atoms with Crippen molar-refractivity contribution < 1.29 is 38.0 Å². The van der Waals surface area contributed by atoms with Crippen LogP contribution in [0.2, 0.25) is 0 Å². The smallest absolute Gasteiger partial charge is 0.308 e. The van der Waals surface area contributed by atoms with Crippen molar-refractivity contribution in [2.24, 2.45) is 11.8 Å². The molecule has 4 rings (SSSR count). The van der Waals surface area contributed by atoms with Gasteiger partial charge in [0, 0.05) is 25.7 Å². The molecule has 2 aliphatic heterocycles. The molecule has 4 atom stereocenters. The van der Waals surface area contributed by atoms with Gasteiger partial charge in [0.2, 0.25) is 0 Å². The third kappa shape index (κ3) is 4.28. The van der Waals surface area contributed by atoms with Gasteiger partial charge in [-0.25, -0.2) is 0 Å². The van der Waals surface area contributed by atoms with Crippen molar-refractivity contribution >= 4 is 11.9 Å². The summed E-state index contributed by atoms with van der Waals surface area (Å²) in [6, 6.07) is 10.9. The lowest BCUT2D eigenvalue weighted by molar-refractivity contribution is -0.132. The van der Waals surface area contributed by atoms with Crippen LogP contribution >= 0.6 is 0 Å². The maximum absolute atomic E-state index is 11.3. The number of ether oxygens (including phenoxy) is 6. The van der Waals surface area contributed by atoms with Gasteiger partial charge in [-0.3, -0.25) is 9.59 Å². The molecule has 0 amide bonds. The molecule has 2 aliphatic rings. The summed E-state index contributed by atoms with van der Waals surface area (Å²) in [4.78, 5) is 22.6. The van der Waals surface area contributed by atoms with Crippen LogP contribution in [0.3, 0.4) is 0 Å². The molecule has 2 fully saturated rings. The summed E-state index contributed by atoms with van der Waals surface area (Å²) in [6.45, 7) is 3.79. The van der Waals surface area contributed by atoms with Crippen LogP contribution in [0, 0.1) is 11.8 Å². The van der Waals surface area contributed by atoms with Crippen LogP contribution < -0.4 is 18.9 Å². The molecule has 0 bridgehead atoms. The lowest BCUT2D eigenvalue weighted by Gasteiger charge is -2.18. The Labute approximate surface area is 186 Å². The van der Waals surface area contributed by atoms with E-state index in [2.05, 4.69) is 0 Å². The highest BCUT2D eigenvalue weighted by Gasteiger charge is 2.48. The van der Waals surface area contributed by atoms with Gasteiger partial charge in [-0.2, -0.15) is 0 Å².